The zero-order valence-electron chi connectivity index (χ0n) is 11.0. The molecule has 0 heterocycles. The molecular formula is C15H20N2O2. The second-order valence-corrected chi connectivity index (χ2v) is 5.21. The minimum Gasteiger partial charge on any atom is -0.465 e. The van der Waals surface area contributed by atoms with Gasteiger partial charge in [0.1, 0.15) is 0 Å². The summed E-state index contributed by atoms with van der Waals surface area (Å²) in [5, 5.41) is 9.46. The van der Waals surface area contributed by atoms with E-state index in [1.807, 2.05) is 30.3 Å². The van der Waals surface area contributed by atoms with Gasteiger partial charge in [-0.05, 0) is 24.8 Å². The SMILES string of the molecule is C=C(CN)CC1(N(Cc2ccccc2)C(=O)O)CC1. The molecule has 0 saturated heterocycles. The number of amides is 1. The van der Waals surface area contributed by atoms with Crippen LogP contribution in [0.4, 0.5) is 4.79 Å². The van der Waals surface area contributed by atoms with Gasteiger partial charge >= 0.3 is 6.09 Å². The molecule has 0 bridgehead atoms. The Kier molecular flexibility index (Phi) is 3.90. The van der Waals surface area contributed by atoms with Crippen molar-refractivity contribution >= 4 is 6.09 Å². The molecule has 1 amide bonds. The van der Waals surface area contributed by atoms with Gasteiger partial charge in [0.05, 0.1) is 5.54 Å². The first-order valence-electron chi connectivity index (χ1n) is 6.48. The fraction of sp³-hybridized carbons (Fsp3) is 0.400. The summed E-state index contributed by atoms with van der Waals surface area (Å²) in [6, 6.07) is 9.67. The Morgan fingerprint density at radius 2 is 2.00 bits per heavy atom. The molecule has 19 heavy (non-hydrogen) atoms. The third-order valence-electron chi connectivity index (χ3n) is 3.68. The number of rotatable bonds is 6. The average molecular weight is 260 g/mol. The van der Waals surface area contributed by atoms with E-state index >= 15 is 0 Å². The molecule has 4 nitrogen and oxygen atoms in total. The molecule has 0 atom stereocenters. The fourth-order valence-corrected chi connectivity index (χ4v) is 2.43. The van der Waals surface area contributed by atoms with Gasteiger partial charge in [0.2, 0.25) is 0 Å². The number of nitrogens with zero attached hydrogens (tertiary/aromatic N) is 1. The minimum atomic E-state index is -0.869. The van der Waals surface area contributed by atoms with Crippen LogP contribution in [0, 0.1) is 0 Å². The van der Waals surface area contributed by atoms with Crippen LogP contribution in [-0.2, 0) is 6.54 Å². The Morgan fingerprint density at radius 3 is 2.47 bits per heavy atom. The first-order chi connectivity index (χ1) is 9.07. The lowest BCUT2D eigenvalue weighted by molar-refractivity contribution is 0.112. The van der Waals surface area contributed by atoms with Gasteiger partial charge in [0, 0.05) is 13.1 Å². The Labute approximate surface area is 113 Å². The maximum absolute atomic E-state index is 11.5. The Morgan fingerprint density at radius 1 is 1.37 bits per heavy atom. The largest absolute Gasteiger partial charge is 0.465 e. The summed E-state index contributed by atoms with van der Waals surface area (Å²) in [5.74, 6) is 0. The molecule has 3 N–H and O–H groups in total. The van der Waals surface area contributed by atoms with Crippen LogP contribution in [-0.4, -0.2) is 28.2 Å². The number of hydrogen-bond donors (Lipinski definition) is 2. The van der Waals surface area contributed by atoms with Crippen molar-refractivity contribution in [1.29, 1.82) is 0 Å². The van der Waals surface area contributed by atoms with E-state index in [0.717, 1.165) is 24.0 Å². The molecule has 0 radical (unpaired) electrons. The van der Waals surface area contributed by atoms with Gasteiger partial charge in [0.25, 0.3) is 0 Å². The summed E-state index contributed by atoms with van der Waals surface area (Å²) in [5.41, 5.74) is 7.21. The zero-order chi connectivity index (χ0) is 13.9. The maximum Gasteiger partial charge on any atom is 0.408 e. The van der Waals surface area contributed by atoms with Gasteiger partial charge in [-0.2, -0.15) is 0 Å². The molecule has 1 aliphatic carbocycles. The van der Waals surface area contributed by atoms with Gasteiger partial charge in [0.15, 0.2) is 0 Å². The van der Waals surface area contributed by atoms with Crippen LogP contribution in [0.15, 0.2) is 42.5 Å². The van der Waals surface area contributed by atoms with E-state index in [1.165, 1.54) is 0 Å². The summed E-state index contributed by atoms with van der Waals surface area (Å²) in [6.45, 7) is 4.74. The highest BCUT2D eigenvalue weighted by molar-refractivity contribution is 5.67. The lowest BCUT2D eigenvalue weighted by atomic mass is 10.0. The highest BCUT2D eigenvalue weighted by Gasteiger charge is 2.50. The monoisotopic (exact) mass is 260 g/mol. The molecule has 1 aromatic rings. The normalized spacial score (nSPS) is 15.8. The zero-order valence-corrected chi connectivity index (χ0v) is 11.0. The van der Waals surface area contributed by atoms with Crippen LogP contribution in [0.1, 0.15) is 24.8 Å². The molecule has 2 rings (SSSR count). The van der Waals surface area contributed by atoms with Gasteiger partial charge in [-0.15, -0.1) is 0 Å². The topological polar surface area (TPSA) is 66.6 Å². The predicted octanol–water partition coefficient (Wildman–Crippen LogP) is 2.60. The van der Waals surface area contributed by atoms with Crippen molar-refractivity contribution in [3.63, 3.8) is 0 Å². The lowest BCUT2D eigenvalue weighted by Crippen LogP contribution is -2.41. The molecular weight excluding hydrogens is 240 g/mol. The highest BCUT2D eigenvalue weighted by Crippen LogP contribution is 2.47. The molecule has 1 saturated carbocycles. The van der Waals surface area contributed by atoms with E-state index in [0.29, 0.717) is 19.5 Å². The molecule has 4 heteroatoms. The van der Waals surface area contributed by atoms with Gasteiger partial charge in [-0.25, -0.2) is 4.79 Å². The van der Waals surface area contributed by atoms with Crippen LogP contribution in [0.2, 0.25) is 0 Å². The van der Waals surface area contributed by atoms with E-state index in [-0.39, 0.29) is 5.54 Å². The van der Waals surface area contributed by atoms with Crippen LogP contribution >= 0.6 is 0 Å². The number of carbonyl (C=O) groups is 1. The third-order valence-corrected chi connectivity index (χ3v) is 3.68. The van der Waals surface area contributed by atoms with Gasteiger partial charge in [-0.1, -0.05) is 42.5 Å². The molecule has 1 aliphatic rings. The molecule has 0 aliphatic heterocycles. The van der Waals surface area contributed by atoms with Crippen LogP contribution in [0.3, 0.4) is 0 Å². The summed E-state index contributed by atoms with van der Waals surface area (Å²) in [4.78, 5) is 13.1. The molecule has 1 fully saturated rings. The van der Waals surface area contributed by atoms with E-state index in [2.05, 4.69) is 6.58 Å². The quantitative estimate of drug-likeness (QED) is 0.773. The van der Waals surface area contributed by atoms with Crippen LogP contribution in [0.5, 0.6) is 0 Å². The minimum absolute atomic E-state index is 0.280. The summed E-state index contributed by atoms with van der Waals surface area (Å²) in [6.07, 6.45) is 1.59. The van der Waals surface area contributed by atoms with Crippen LogP contribution in [0.25, 0.3) is 0 Å². The lowest BCUT2D eigenvalue weighted by Gasteiger charge is -2.30. The second-order valence-electron chi connectivity index (χ2n) is 5.21. The first-order valence-corrected chi connectivity index (χ1v) is 6.48. The number of benzene rings is 1. The van der Waals surface area contributed by atoms with Crippen molar-refractivity contribution < 1.29 is 9.90 Å². The Hall–Kier alpha value is -1.81. The molecule has 0 aromatic heterocycles. The maximum atomic E-state index is 11.5. The van der Waals surface area contributed by atoms with E-state index in [1.54, 1.807) is 4.90 Å². The second kappa shape index (κ2) is 5.45. The summed E-state index contributed by atoms with van der Waals surface area (Å²) in [7, 11) is 0. The average Bonchev–Trinajstić information content (AvgIpc) is 3.17. The Bertz CT molecular complexity index is 466. The van der Waals surface area contributed by atoms with Crippen molar-refractivity contribution in [3.05, 3.63) is 48.0 Å². The molecule has 0 spiro atoms. The van der Waals surface area contributed by atoms with Crippen LogP contribution < -0.4 is 5.73 Å². The Balaban J connectivity index is 2.12. The van der Waals surface area contributed by atoms with Gasteiger partial charge < -0.3 is 10.8 Å². The number of carboxylic acid groups (broad SMARTS) is 1. The first kappa shape index (κ1) is 13.6. The highest BCUT2D eigenvalue weighted by atomic mass is 16.4. The smallest absolute Gasteiger partial charge is 0.408 e. The van der Waals surface area contributed by atoms with Crippen molar-refractivity contribution in [2.75, 3.05) is 6.54 Å². The van der Waals surface area contributed by atoms with Crippen molar-refractivity contribution in [3.8, 4) is 0 Å². The van der Waals surface area contributed by atoms with E-state index in [9.17, 15) is 9.90 Å². The summed E-state index contributed by atoms with van der Waals surface area (Å²) >= 11 is 0. The summed E-state index contributed by atoms with van der Waals surface area (Å²) < 4.78 is 0. The predicted molar refractivity (Wildman–Crippen MR) is 74.8 cm³/mol. The molecule has 102 valence electrons. The van der Waals surface area contributed by atoms with Gasteiger partial charge in [-0.3, -0.25) is 4.90 Å². The molecule has 1 aromatic carbocycles. The van der Waals surface area contributed by atoms with Crippen molar-refractivity contribution in [2.45, 2.75) is 31.3 Å². The third kappa shape index (κ3) is 3.15. The standard InChI is InChI=1S/C15H20N2O2/c1-12(10-16)9-15(7-8-15)17(14(18)19)11-13-5-3-2-4-6-13/h2-6H,1,7-11,16H2,(H,18,19). The van der Waals surface area contributed by atoms with Crippen molar-refractivity contribution in [2.24, 2.45) is 5.73 Å². The fourth-order valence-electron chi connectivity index (χ4n) is 2.43. The number of hydrogen-bond acceptors (Lipinski definition) is 2. The molecule has 0 unspecified atom stereocenters. The van der Waals surface area contributed by atoms with E-state index in [4.69, 9.17) is 5.73 Å². The van der Waals surface area contributed by atoms with Crippen molar-refractivity contribution in [1.82, 2.24) is 4.90 Å². The number of nitrogens with two attached hydrogens (primary N) is 1. The van der Waals surface area contributed by atoms with E-state index < -0.39 is 6.09 Å².